The van der Waals surface area contributed by atoms with Gasteiger partial charge in [-0.2, -0.15) is 5.10 Å². The molecule has 3 rings (SSSR count). The largest absolute Gasteiger partial charge is 0.494 e. The third-order valence-electron chi connectivity index (χ3n) is 4.23. The van der Waals surface area contributed by atoms with E-state index in [4.69, 9.17) is 4.74 Å². The Bertz CT molecular complexity index is 774. The van der Waals surface area contributed by atoms with Gasteiger partial charge in [-0.05, 0) is 48.7 Å². The summed E-state index contributed by atoms with van der Waals surface area (Å²) in [6.45, 7) is 5.19. The van der Waals surface area contributed by atoms with E-state index in [1.807, 2.05) is 16.8 Å². The summed E-state index contributed by atoms with van der Waals surface area (Å²) in [5.74, 6) is 0.927. The summed E-state index contributed by atoms with van der Waals surface area (Å²) in [6, 6.07) is 14.8. The van der Waals surface area contributed by atoms with Crippen molar-refractivity contribution in [1.82, 2.24) is 9.78 Å². The smallest absolute Gasteiger partial charge is 0.120 e. The maximum atomic E-state index is 5.84. The third kappa shape index (κ3) is 3.97. The lowest BCUT2D eigenvalue weighted by atomic mass is 10.1. The van der Waals surface area contributed by atoms with Crippen molar-refractivity contribution in [2.24, 2.45) is 0 Å². The van der Waals surface area contributed by atoms with E-state index < -0.39 is 0 Å². The maximum absolute atomic E-state index is 5.84. The summed E-state index contributed by atoms with van der Waals surface area (Å²) in [5, 5.41) is 5.78. The van der Waals surface area contributed by atoms with Gasteiger partial charge in [0.05, 0.1) is 17.8 Å². The number of rotatable bonds is 8. The Labute approximate surface area is 144 Å². The Balaban J connectivity index is 1.75. The van der Waals surface area contributed by atoms with E-state index in [0.29, 0.717) is 0 Å². The molecular weight excluding hydrogens is 296 g/mol. The molecule has 24 heavy (non-hydrogen) atoms. The topological polar surface area (TPSA) is 27.1 Å². The Morgan fingerprint density at radius 2 is 1.79 bits per heavy atom. The molecule has 0 radical (unpaired) electrons. The molecule has 0 aliphatic carbocycles. The van der Waals surface area contributed by atoms with Gasteiger partial charge in [-0.1, -0.05) is 45.2 Å². The minimum atomic E-state index is 0.784. The highest BCUT2D eigenvalue weighted by Gasteiger charge is 2.05. The number of unbranched alkanes of at least 4 members (excludes halogenated alkanes) is 2. The summed E-state index contributed by atoms with van der Waals surface area (Å²) in [7, 11) is 0. The number of hydrogen-bond acceptors (Lipinski definition) is 2. The van der Waals surface area contributed by atoms with E-state index >= 15 is 0 Å². The molecule has 0 spiro atoms. The molecule has 0 amide bonds. The second kappa shape index (κ2) is 8.00. The number of aryl methyl sites for hydroxylation is 1. The van der Waals surface area contributed by atoms with Crippen LogP contribution in [0.5, 0.6) is 5.75 Å². The number of benzene rings is 2. The van der Waals surface area contributed by atoms with Gasteiger partial charge in [0.2, 0.25) is 0 Å². The fourth-order valence-electron chi connectivity index (χ4n) is 2.87. The van der Waals surface area contributed by atoms with E-state index in [0.717, 1.165) is 41.8 Å². The lowest BCUT2D eigenvalue weighted by molar-refractivity contribution is 0.306. The first kappa shape index (κ1) is 16.6. The predicted octanol–water partition coefficient (Wildman–Crippen LogP) is 5.55. The van der Waals surface area contributed by atoms with Crippen LogP contribution in [0.25, 0.3) is 16.6 Å². The zero-order chi connectivity index (χ0) is 16.8. The highest BCUT2D eigenvalue weighted by Crippen LogP contribution is 2.22. The number of aromatic nitrogens is 2. The molecule has 0 aliphatic heterocycles. The van der Waals surface area contributed by atoms with Crippen LogP contribution < -0.4 is 4.74 Å². The molecule has 0 N–H and O–H groups in total. The van der Waals surface area contributed by atoms with Crippen molar-refractivity contribution < 1.29 is 4.74 Å². The van der Waals surface area contributed by atoms with Gasteiger partial charge in [0, 0.05) is 11.6 Å². The summed E-state index contributed by atoms with van der Waals surface area (Å²) in [4.78, 5) is 0. The SMILES string of the molecule is CCCCCOc1ccc2nn(-c3ccc(CCC)cc3)cc2c1. The quantitative estimate of drug-likeness (QED) is 0.509. The van der Waals surface area contributed by atoms with Crippen LogP contribution in [0.3, 0.4) is 0 Å². The van der Waals surface area contributed by atoms with Crippen LogP contribution in [-0.2, 0) is 6.42 Å². The number of ether oxygens (including phenoxy) is 1. The fourth-order valence-corrected chi connectivity index (χ4v) is 2.87. The van der Waals surface area contributed by atoms with Crippen molar-refractivity contribution in [1.29, 1.82) is 0 Å². The van der Waals surface area contributed by atoms with Gasteiger partial charge >= 0.3 is 0 Å². The molecule has 2 aromatic carbocycles. The molecule has 0 saturated carbocycles. The Kier molecular flexibility index (Phi) is 5.52. The fraction of sp³-hybridized carbons (Fsp3) is 0.381. The van der Waals surface area contributed by atoms with E-state index in [2.05, 4.69) is 55.5 Å². The van der Waals surface area contributed by atoms with Crippen molar-refractivity contribution in [2.45, 2.75) is 46.0 Å². The Morgan fingerprint density at radius 3 is 2.54 bits per heavy atom. The molecular formula is C21H26N2O. The van der Waals surface area contributed by atoms with Crippen molar-refractivity contribution in [2.75, 3.05) is 6.61 Å². The number of nitrogens with zero attached hydrogens (tertiary/aromatic N) is 2. The van der Waals surface area contributed by atoms with Crippen molar-refractivity contribution in [3.63, 3.8) is 0 Å². The van der Waals surface area contributed by atoms with Crippen LogP contribution >= 0.6 is 0 Å². The molecule has 1 heterocycles. The van der Waals surface area contributed by atoms with Gasteiger partial charge in [0.15, 0.2) is 0 Å². The van der Waals surface area contributed by atoms with Gasteiger partial charge in [-0.15, -0.1) is 0 Å². The highest BCUT2D eigenvalue weighted by atomic mass is 16.5. The second-order valence-corrected chi connectivity index (χ2v) is 6.27. The van der Waals surface area contributed by atoms with E-state index in [9.17, 15) is 0 Å². The van der Waals surface area contributed by atoms with E-state index in [-0.39, 0.29) is 0 Å². The van der Waals surface area contributed by atoms with Crippen molar-refractivity contribution in [3.05, 3.63) is 54.2 Å². The molecule has 0 saturated heterocycles. The molecule has 0 aliphatic rings. The minimum absolute atomic E-state index is 0.784. The Hall–Kier alpha value is -2.29. The summed E-state index contributed by atoms with van der Waals surface area (Å²) in [6.07, 6.45) is 7.91. The van der Waals surface area contributed by atoms with Crippen LogP contribution in [-0.4, -0.2) is 16.4 Å². The van der Waals surface area contributed by atoms with Gasteiger partial charge in [0.1, 0.15) is 5.75 Å². The van der Waals surface area contributed by atoms with Crippen LogP contribution in [0.2, 0.25) is 0 Å². The molecule has 3 heteroatoms. The average molecular weight is 322 g/mol. The first-order valence-corrected chi connectivity index (χ1v) is 9.01. The van der Waals surface area contributed by atoms with E-state index in [1.54, 1.807) is 0 Å². The first-order chi connectivity index (χ1) is 11.8. The maximum Gasteiger partial charge on any atom is 0.120 e. The molecule has 0 bridgehead atoms. The average Bonchev–Trinajstić information content (AvgIpc) is 3.03. The summed E-state index contributed by atoms with van der Waals surface area (Å²) < 4.78 is 7.78. The molecule has 1 aromatic heterocycles. The van der Waals surface area contributed by atoms with Gasteiger partial charge in [-0.3, -0.25) is 0 Å². The normalized spacial score (nSPS) is 11.1. The van der Waals surface area contributed by atoms with Crippen molar-refractivity contribution in [3.8, 4) is 11.4 Å². The highest BCUT2D eigenvalue weighted by molar-refractivity contribution is 5.80. The van der Waals surface area contributed by atoms with Crippen LogP contribution in [0, 0.1) is 0 Å². The van der Waals surface area contributed by atoms with Gasteiger partial charge < -0.3 is 4.74 Å². The van der Waals surface area contributed by atoms with E-state index in [1.165, 1.54) is 24.8 Å². The van der Waals surface area contributed by atoms with Crippen LogP contribution in [0.4, 0.5) is 0 Å². The van der Waals surface area contributed by atoms with Crippen LogP contribution in [0.15, 0.2) is 48.7 Å². The number of fused-ring (bicyclic) bond motifs is 1. The van der Waals surface area contributed by atoms with Gasteiger partial charge in [-0.25, -0.2) is 4.68 Å². The molecule has 0 unspecified atom stereocenters. The van der Waals surface area contributed by atoms with Crippen LogP contribution in [0.1, 0.15) is 45.1 Å². The molecule has 126 valence electrons. The zero-order valence-corrected chi connectivity index (χ0v) is 14.7. The zero-order valence-electron chi connectivity index (χ0n) is 14.7. The first-order valence-electron chi connectivity index (χ1n) is 9.01. The summed E-state index contributed by atoms with van der Waals surface area (Å²) in [5.41, 5.74) is 3.46. The number of hydrogen-bond donors (Lipinski definition) is 0. The summed E-state index contributed by atoms with van der Waals surface area (Å²) >= 11 is 0. The molecule has 3 nitrogen and oxygen atoms in total. The van der Waals surface area contributed by atoms with Gasteiger partial charge in [0.25, 0.3) is 0 Å². The lowest BCUT2D eigenvalue weighted by Crippen LogP contribution is -1.96. The minimum Gasteiger partial charge on any atom is -0.494 e. The third-order valence-corrected chi connectivity index (χ3v) is 4.23. The molecule has 0 fully saturated rings. The molecule has 0 atom stereocenters. The Morgan fingerprint density at radius 1 is 0.958 bits per heavy atom. The van der Waals surface area contributed by atoms with Crippen molar-refractivity contribution >= 4 is 10.9 Å². The molecule has 3 aromatic rings. The lowest BCUT2D eigenvalue weighted by Gasteiger charge is -2.04. The second-order valence-electron chi connectivity index (χ2n) is 6.27. The standard InChI is InChI=1S/C21H26N2O/c1-3-5-6-14-24-20-12-13-21-18(15-20)16-23(22-21)19-10-8-17(7-4-2)9-11-19/h8-13,15-16H,3-7,14H2,1-2H3. The monoisotopic (exact) mass is 322 g/mol. The predicted molar refractivity (Wildman–Crippen MR) is 100 cm³/mol.